The molecule has 1 aliphatic heterocycles. The molecule has 2 heterocycles. The van der Waals surface area contributed by atoms with Crippen molar-refractivity contribution in [3.63, 3.8) is 0 Å². The second-order valence-electron chi connectivity index (χ2n) is 4.56. The molecule has 3 rings (SSSR count). The van der Waals surface area contributed by atoms with Crippen LogP contribution in [0, 0.1) is 0 Å². The van der Waals surface area contributed by atoms with Crippen LogP contribution in [0.15, 0.2) is 30.5 Å². The Labute approximate surface area is 140 Å². The van der Waals surface area contributed by atoms with Crippen LogP contribution in [0.1, 0.15) is 20.7 Å². The van der Waals surface area contributed by atoms with Gasteiger partial charge in [-0.2, -0.15) is 0 Å². The summed E-state index contributed by atoms with van der Waals surface area (Å²) in [6.45, 7) is -0.301. The van der Waals surface area contributed by atoms with Gasteiger partial charge in [0.1, 0.15) is 5.15 Å². The molecule has 0 amide bonds. The summed E-state index contributed by atoms with van der Waals surface area (Å²) in [5.41, 5.74) is 0.465. The number of carbonyl (C=O) groups is 2. The summed E-state index contributed by atoms with van der Waals surface area (Å²) in [5, 5.41) is 0.211. The molecule has 0 atom stereocenters. The van der Waals surface area contributed by atoms with Crippen molar-refractivity contribution in [2.45, 2.75) is 0 Å². The number of rotatable bonds is 4. The minimum absolute atomic E-state index is 0.0830. The SMILES string of the molecule is O=C(COC(=O)c1cnc(Cl)c(Cl)c1)c1ccc2c(c1)OCO2. The van der Waals surface area contributed by atoms with Crippen LogP contribution in [0.25, 0.3) is 0 Å². The van der Waals surface area contributed by atoms with Crippen LogP contribution >= 0.6 is 23.2 Å². The number of nitrogens with zero attached hydrogens (tertiary/aromatic N) is 1. The normalized spacial score (nSPS) is 12.1. The van der Waals surface area contributed by atoms with Crippen LogP contribution in [0.2, 0.25) is 10.2 Å². The van der Waals surface area contributed by atoms with E-state index < -0.39 is 12.6 Å². The van der Waals surface area contributed by atoms with Gasteiger partial charge in [0, 0.05) is 11.8 Å². The molecule has 0 radical (unpaired) electrons. The quantitative estimate of drug-likeness (QED) is 0.477. The van der Waals surface area contributed by atoms with Crippen LogP contribution in [0.3, 0.4) is 0 Å². The van der Waals surface area contributed by atoms with E-state index in [-0.39, 0.29) is 28.3 Å². The minimum atomic E-state index is -0.717. The van der Waals surface area contributed by atoms with Crippen LogP contribution in [-0.2, 0) is 4.74 Å². The second-order valence-corrected chi connectivity index (χ2v) is 5.33. The summed E-state index contributed by atoms with van der Waals surface area (Å²) in [7, 11) is 0. The molecule has 0 N–H and O–H groups in total. The maximum Gasteiger partial charge on any atom is 0.340 e. The third-order valence-electron chi connectivity index (χ3n) is 3.06. The molecule has 23 heavy (non-hydrogen) atoms. The zero-order valence-electron chi connectivity index (χ0n) is 11.5. The van der Waals surface area contributed by atoms with Gasteiger partial charge in [0.2, 0.25) is 6.79 Å². The van der Waals surface area contributed by atoms with E-state index >= 15 is 0 Å². The van der Waals surface area contributed by atoms with Crippen molar-refractivity contribution in [2.75, 3.05) is 13.4 Å². The molecule has 0 unspecified atom stereocenters. The first kappa shape index (κ1) is 15.6. The van der Waals surface area contributed by atoms with Gasteiger partial charge in [-0.3, -0.25) is 4.79 Å². The highest BCUT2D eigenvalue weighted by Gasteiger charge is 2.18. The highest BCUT2D eigenvalue weighted by Crippen LogP contribution is 2.32. The van der Waals surface area contributed by atoms with E-state index in [1.807, 2.05) is 0 Å². The fraction of sp³-hybridized carbons (Fsp3) is 0.133. The Hall–Kier alpha value is -2.31. The van der Waals surface area contributed by atoms with E-state index in [4.69, 9.17) is 37.4 Å². The number of Topliss-reactive ketones (excluding diaryl/α,β-unsaturated/α-hetero) is 1. The molecule has 1 aromatic heterocycles. The van der Waals surface area contributed by atoms with E-state index in [1.165, 1.54) is 12.3 Å². The first-order valence-corrected chi connectivity index (χ1v) is 7.21. The van der Waals surface area contributed by atoms with E-state index in [0.717, 1.165) is 0 Å². The Kier molecular flexibility index (Phi) is 4.36. The van der Waals surface area contributed by atoms with Gasteiger partial charge in [0.15, 0.2) is 23.9 Å². The molecule has 6 nitrogen and oxygen atoms in total. The fourth-order valence-corrected chi connectivity index (χ4v) is 2.17. The Morgan fingerprint density at radius 3 is 2.70 bits per heavy atom. The van der Waals surface area contributed by atoms with Crippen LogP contribution in [0.4, 0.5) is 0 Å². The van der Waals surface area contributed by atoms with Gasteiger partial charge in [-0.05, 0) is 24.3 Å². The molecule has 0 spiro atoms. The topological polar surface area (TPSA) is 74.7 Å². The van der Waals surface area contributed by atoms with E-state index in [0.29, 0.717) is 17.1 Å². The Balaban J connectivity index is 1.64. The van der Waals surface area contributed by atoms with Gasteiger partial charge in [-0.25, -0.2) is 9.78 Å². The lowest BCUT2D eigenvalue weighted by Crippen LogP contribution is -2.14. The summed E-state index contributed by atoms with van der Waals surface area (Å²) in [6.07, 6.45) is 1.22. The molecular formula is C15H9Cl2NO5. The van der Waals surface area contributed by atoms with Gasteiger partial charge < -0.3 is 14.2 Å². The first-order valence-electron chi connectivity index (χ1n) is 6.45. The van der Waals surface area contributed by atoms with Gasteiger partial charge in [0.05, 0.1) is 10.6 Å². The highest BCUT2D eigenvalue weighted by atomic mass is 35.5. The average Bonchev–Trinajstić information content (AvgIpc) is 3.02. The Bertz CT molecular complexity index is 793. The van der Waals surface area contributed by atoms with Crippen LogP contribution < -0.4 is 9.47 Å². The van der Waals surface area contributed by atoms with Crippen molar-refractivity contribution in [3.05, 3.63) is 51.8 Å². The highest BCUT2D eigenvalue weighted by molar-refractivity contribution is 6.41. The molecule has 1 aliphatic rings. The number of ketones is 1. The van der Waals surface area contributed by atoms with Crippen molar-refractivity contribution in [1.82, 2.24) is 4.98 Å². The monoisotopic (exact) mass is 353 g/mol. The summed E-state index contributed by atoms with van der Waals surface area (Å²) in [6, 6.07) is 6.06. The molecule has 0 bridgehead atoms. The van der Waals surface area contributed by atoms with E-state index in [2.05, 4.69) is 4.98 Å². The summed E-state index contributed by atoms with van der Waals surface area (Å²) in [4.78, 5) is 27.7. The van der Waals surface area contributed by atoms with Crippen molar-refractivity contribution < 1.29 is 23.8 Å². The third kappa shape index (κ3) is 3.38. The molecular weight excluding hydrogens is 345 g/mol. The number of carbonyl (C=O) groups excluding carboxylic acids is 2. The Morgan fingerprint density at radius 2 is 1.91 bits per heavy atom. The van der Waals surface area contributed by atoms with Gasteiger partial charge >= 0.3 is 5.97 Å². The van der Waals surface area contributed by atoms with Crippen LogP contribution in [-0.4, -0.2) is 30.1 Å². The third-order valence-corrected chi connectivity index (χ3v) is 3.75. The van der Waals surface area contributed by atoms with E-state index in [9.17, 15) is 9.59 Å². The zero-order chi connectivity index (χ0) is 16.4. The van der Waals surface area contributed by atoms with Gasteiger partial charge in [-0.15, -0.1) is 0 Å². The van der Waals surface area contributed by atoms with Crippen LogP contribution in [0.5, 0.6) is 11.5 Å². The fourth-order valence-electron chi connectivity index (χ4n) is 1.90. The predicted molar refractivity (Wildman–Crippen MR) is 81.4 cm³/mol. The number of halogens is 2. The number of esters is 1. The lowest BCUT2D eigenvalue weighted by molar-refractivity contribution is 0.0474. The molecule has 0 aliphatic carbocycles. The van der Waals surface area contributed by atoms with Crippen molar-refractivity contribution in [3.8, 4) is 11.5 Å². The number of hydrogen-bond donors (Lipinski definition) is 0. The number of fused-ring (bicyclic) bond motifs is 1. The largest absolute Gasteiger partial charge is 0.454 e. The van der Waals surface area contributed by atoms with Crippen molar-refractivity contribution >= 4 is 35.0 Å². The molecule has 1 aromatic carbocycles. The van der Waals surface area contributed by atoms with Crippen molar-refractivity contribution in [1.29, 1.82) is 0 Å². The number of hydrogen-bond acceptors (Lipinski definition) is 6. The minimum Gasteiger partial charge on any atom is -0.454 e. The number of pyridine rings is 1. The molecule has 0 saturated heterocycles. The Morgan fingerprint density at radius 1 is 1.13 bits per heavy atom. The summed E-state index contributed by atoms with van der Waals surface area (Å²) in [5.74, 6) is -0.0360. The molecule has 0 fully saturated rings. The predicted octanol–water partition coefficient (Wildman–Crippen LogP) is 3.16. The molecule has 0 saturated carbocycles. The van der Waals surface area contributed by atoms with Crippen molar-refractivity contribution in [2.24, 2.45) is 0 Å². The van der Waals surface area contributed by atoms with Gasteiger partial charge in [0.25, 0.3) is 0 Å². The standard InChI is InChI=1S/C15H9Cl2NO5/c16-10-3-9(5-18-14(10)17)15(20)21-6-11(19)8-1-2-12-13(4-8)23-7-22-12/h1-5H,6-7H2. The first-order chi connectivity index (χ1) is 11.0. The summed E-state index contributed by atoms with van der Waals surface area (Å²) >= 11 is 11.4. The van der Waals surface area contributed by atoms with Gasteiger partial charge in [-0.1, -0.05) is 23.2 Å². The lowest BCUT2D eigenvalue weighted by atomic mass is 10.1. The lowest BCUT2D eigenvalue weighted by Gasteiger charge is -2.05. The smallest absolute Gasteiger partial charge is 0.340 e. The second kappa shape index (κ2) is 6.44. The maximum atomic E-state index is 12.1. The molecule has 2 aromatic rings. The summed E-state index contributed by atoms with van der Waals surface area (Å²) < 4.78 is 15.3. The zero-order valence-corrected chi connectivity index (χ0v) is 13.1. The number of ether oxygens (including phenoxy) is 3. The number of benzene rings is 1. The number of aromatic nitrogens is 1. The molecule has 8 heteroatoms. The molecule has 118 valence electrons. The van der Waals surface area contributed by atoms with E-state index in [1.54, 1.807) is 18.2 Å². The maximum absolute atomic E-state index is 12.1. The average molecular weight is 354 g/mol.